The van der Waals surface area contributed by atoms with Crippen LogP contribution in [0.5, 0.6) is 17.2 Å². The minimum absolute atomic E-state index is 0.0831. The average Bonchev–Trinajstić information content (AvgIpc) is 3.27. The molecule has 3 rings (SSSR count). The van der Waals surface area contributed by atoms with Crippen LogP contribution in [0.3, 0.4) is 0 Å². The lowest BCUT2D eigenvalue weighted by molar-refractivity contribution is 0.0693. The summed E-state index contributed by atoms with van der Waals surface area (Å²) in [6.45, 7) is 4.37. The molecule has 0 aliphatic heterocycles. The topological polar surface area (TPSA) is 131 Å². The van der Waals surface area contributed by atoms with E-state index in [1.165, 1.54) is 44.5 Å². The molecule has 3 aromatic rings. The molecule has 0 saturated carbocycles. The van der Waals surface area contributed by atoms with Gasteiger partial charge in [0, 0.05) is 18.8 Å². The molecule has 1 heterocycles. The Balaban J connectivity index is 1.96. The molecule has 0 fully saturated rings. The second-order valence-corrected chi connectivity index (χ2v) is 11.0. The van der Waals surface area contributed by atoms with E-state index < -0.39 is 21.9 Å². The molecule has 198 valence electrons. The maximum absolute atomic E-state index is 13.6. The summed E-state index contributed by atoms with van der Waals surface area (Å²) in [5, 5.41) is 11.9. The largest absolute Gasteiger partial charge is 0.496 e. The molecule has 0 atom stereocenters. The lowest BCUT2D eigenvalue weighted by Gasteiger charge is -2.21. The molecule has 0 radical (unpaired) electrons. The van der Waals surface area contributed by atoms with Crippen molar-refractivity contribution >= 4 is 56.2 Å². The normalized spacial score (nSPS) is 11.1. The molecule has 2 aromatic carbocycles. The summed E-state index contributed by atoms with van der Waals surface area (Å²) < 4.78 is 44.4. The molecular formula is C24H25ClN2O8S2. The van der Waals surface area contributed by atoms with Crippen LogP contribution in [-0.2, 0) is 10.0 Å². The summed E-state index contributed by atoms with van der Waals surface area (Å²) in [4.78, 5) is 24.1. The molecular weight excluding hydrogens is 544 g/mol. The van der Waals surface area contributed by atoms with Crippen LogP contribution in [0.15, 0.2) is 47.4 Å². The first kappa shape index (κ1) is 28.1. The Hall–Kier alpha value is -3.48. The highest BCUT2D eigenvalue weighted by Crippen LogP contribution is 2.37. The zero-order valence-electron chi connectivity index (χ0n) is 20.4. The van der Waals surface area contributed by atoms with Gasteiger partial charge in [0.05, 0.1) is 30.3 Å². The Morgan fingerprint density at radius 1 is 1.03 bits per heavy atom. The highest BCUT2D eigenvalue weighted by Gasteiger charge is 2.30. The van der Waals surface area contributed by atoms with Crippen LogP contribution in [0.1, 0.15) is 33.9 Å². The van der Waals surface area contributed by atoms with Crippen molar-refractivity contribution < 1.29 is 37.3 Å². The van der Waals surface area contributed by atoms with Crippen LogP contribution in [0, 0.1) is 0 Å². The van der Waals surface area contributed by atoms with Gasteiger partial charge in [0.15, 0.2) is 11.5 Å². The zero-order chi connectivity index (χ0) is 27.3. The number of carbonyl (C=O) groups excluding carboxylic acids is 1. The van der Waals surface area contributed by atoms with E-state index in [2.05, 4.69) is 5.32 Å². The van der Waals surface area contributed by atoms with Crippen LogP contribution in [-0.4, -0.2) is 52.8 Å². The fraction of sp³-hybridized carbons (Fsp3) is 0.250. The number of benzene rings is 2. The number of carboxylic acid groups (broad SMARTS) is 1. The number of sulfonamides is 1. The summed E-state index contributed by atoms with van der Waals surface area (Å²) >= 11 is 6.90. The monoisotopic (exact) mass is 568 g/mol. The lowest BCUT2D eigenvalue weighted by Crippen LogP contribution is -2.28. The number of ether oxygens (including phenoxy) is 3. The number of rotatable bonds is 11. The molecule has 0 saturated heterocycles. The first-order chi connectivity index (χ1) is 17.5. The maximum atomic E-state index is 13.6. The van der Waals surface area contributed by atoms with Gasteiger partial charge < -0.3 is 24.6 Å². The predicted molar refractivity (Wildman–Crippen MR) is 142 cm³/mol. The molecule has 0 aliphatic carbocycles. The predicted octanol–water partition coefficient (Wildman–Crippen LogP) is 4.98. The third kappa shape index (κ3) is 6.09. The number of hydrogen-bond donors (Lipinski definition) is 2. The van der Waals surface area contributed by atoms with Crippen molar-refractivity contribution in [3.05, 3.63) is 57.2 Å². The van der Waals surface area contributed by atoms with Gasteiger partial charge in [-0.25, -0.2) is 13.2 Å². The second kappa shape index (κ2) is 11.7. The fourth-order valence-corrected chi connectivity index (χ4v) is 6.23. The molecule has 37 heavy (non-hydrogen) atoms. The molecule has 0 aliphatic rings. The highest BCUT2D eigenvalue weighted by molar-refractivity contribution is 7.93. The quantitative estimate of drug-likeness (QED) is 0.331. The van der Waals surface area contributed by atoms with Crippen molar-refractivity contribution in [1.29, 1.82) is 0 Å². The van der Waals surface area contributed by atoms with E-state index in [0.29, 0.717) is 24.7 Å². The van der Waals surface area contributed by atoms with E-state index in [4.69, 9.17) is 25.8 Å². The molecule has 1 aromatic heterocycles. The van der Waals surface area contributed by atoms with E-state index in [-0.39, 0.29) is 36.8 Å². The van der Waals surface area contributed by atoms with Crippen molar-refractivity contribution in [3.63, 3.8) is 0 Å². The SMILES string of the molecule is CCOc1ccc(N(C)S(=O)(=O)c2cc(Cl)sc2C(=O)Nc2ccc(OC)c(C(=O)O)c2)cc1OCC. The zero-order valence-corrected chi connectivity index (χ0v) is 22.8. The smallest absolute Gasteiger partial charge is 0.339 e. The van der Waals surface area contributed by atoms with Gasteiger partial charge in [0.25, 0.3) is 15.9 Å². The van der Waals surface area contributed by atoms with E-state index in [1.807, 2.05) is 6.92 Å². The van der Waals surface area contributed by atoms with E-state index >= 15 is 0 Å². The Morgan fingerprint density at radius 2 is 1.68 bits per heavy atom. The number of halogens is 1. The maximum Gasteiger partial charge on any atom is 0.339 e. The van der Waals surface area contributed by atoms with Crippen molar-refractivity contribution in [2.75, 3.05) is 37.0 Å². The van der Waals surface area contributed by atoms with Crippen LogP contribution >= 0.6 is 22.9 Å². The summed E-state index contributed by atoms with van der Waals surface area (Å²) in [5.41, 5.74) is 0.247. The molecule has 0 bridgehead atoms. The molecule has 0 unspecified atom stereocenters. The fourth-order valence-electron chi connectivity index (χ4n) is 3.36. The standard InChI is InChI=1S/C24H25ClN2O8S2/c1-5-34-18-10-8-15(12-19(18)35-6-2)27(3)37(31,32)20-13-21(25)36-22(20)23(28)26-14-7-9-17(33-4)16(11-14)24(29)30/h7-13H,5-6H2,1-4H3,(H,26,28)(H,29,30). The number of carbonyl (C=O) groups is 2. The van der Waals surface area contributed by atoms with E-state index in [9.17, 15) is 23.1 Å². The number of anilines is 2. The van der Waals surface area contributed by atoms with Gasteiger partial charge in [0.1, 0.15) is 21.1 Å². The van der Waals surface area contributed by atoms with Crippen molar-refractivity contribution in [2.45, 2.75) is 18.7 Å². The molecule has 0 spiro atoms. The summed E-state index contributed by atoms with van der Waals surface area (Å²) in [6, 6.07) is 9.93. The molecule has 2 N–H and O–H groups in total. The van der Waals surface area contributed by atoms with Crippen molar-refractivity contribution in [1.82, 2.24) is 0 Å². The first-order valence-corrected chi connectivity index (χ1v) is 13.6. The Labute approximate surface area is 223 Å². The number of thiophene rings is 1. The third-order valence-electron chi connectivity index (χ3n) is 5.09. The average molecular weight is 569 g/mol. The third-order valence-corrected chi connectivity index (χ3v) is 8.29. The highest BCUT2D eigenvalue weighted by atomic mass is 35.5. The van der Waals surface area contributed by atoms with Crippen LogP contribution in [0.25, 0.3) is 0 Å². The summed E-state index contributed by atoms with van der Waals surface area (Å²) in [7, 11) is -1.57. The Kier molecular flexibility index (Phi) is 8.89. The lowest BCUT2D eigenvalue weighted by atomic mass is 10.1. The van der Waals surface area contributed by atoms with Gasteiger partial charge in [-0.1, -0.05) is 11.6 Å². The Bertz CT molecular complexity index is 1420. The number of carboxylic acids is 1. The van der Waals surface area contributed by atoms with Crippen molar-refractivity contribution in [3.8, 4) is 17.2 Å². The number of amides is 1. The molecule has 13 heteroatoms. The first-order valence-electron chi connectivity index (χ1n) is 10.9. The minimum atomic E-state index is -4.24. The van der Waals surface area contributed by atoms with Gasteiger partial charge in [-0.3, -0.25) is 9.10 Å². The van der Waals surface area contributed by atoms with Gasteiger partial charge in [-0.2, -0.15) is 0 Å². The van der Waals surface area contributed by atoms with Crippen LogP contribution < -0.4 is 23.8 Å². The van der Waals surface area contributed by atoms with E-state index in [0.717, 1.165) is 15.6 Å². The van der Waals surface area contributed by atoms with Crippen molar-refractivity contribution in [2.24, 2.45) is 0 Å². The summed E-state index contributed by atoms with van der Waals surface area (Å²) in [5.74, 6) is -1.07. The van der Waals surface area contributed by atoms with Gasteiger partial charge >= 0.3 is 5.97 Å². The molecule has 10 nitrogen and oxygen atoms in total. The Morgan fingerprint density at radius 3 is 2.30 bits per heavy atom. The molecule has 1 amide bonds. The second-order valence-electron chi connectivity index (χ2n) is 7.39. The van der Waals surface area contributed by atoms with Gasteiger partial charge in [0.2, 0.25) is 0 Å². The number of aromatic carboxylic acids is 1. The number of nitrogens with one attached hydrogen (secondary N) is 1. The van der Waals surface area contributed by atoms with Crippen LogP contribution in [0.4, 0.5) is 11.4 Å². The minimum Gasteiger partial charge on any atom is -0.496 e. The van der Waals surface area contributed by atoms with Gasteiger partial charge in [-0.05, 0) is 50.2 Å². The number of hydrogen-bond acceptors (Lipinski definition) is 8. The summed E-state index contributed by atoms with van der Waals surface area (Å²) in [6.07, 6.45) is 0. The van der Waals surface area contributed by atoms with Crippen LogP contribution in [0.2, 0.25) is 4.34 Å². The van der Waals surface area contributed by atoms with Gasteiger partial charge in [-0.15, -0.1) is 11.3 Å². The number of nitrogens with zero attached hydrogens (tertiary/aromatic N) is 1. The van der Waals surface area contributed by atoms with E-state index in [1.54, 1.807) is 19.1 Å². The number of methoxy groups -OCH3 is 1.